The summed E-state index contributed by atoms with van der Waals surface area (Å²) in [6, 6.07) is 5.65. The first kappa shape index (κ1) is 8.97. The number of pyridine rings is 1. The summed E-state index contributed by atoms with van der Waals surface area (Å²) >= 11 is 1.83. The molecule has 1 aromatic heterocycles. The maximum Gasteiger partial charge on any atom is 0.256 e. The Bertz CT molecular complexity index is 441. The molecular weight excluding hydrogens is 208 g/mol. The molecule has 0 radical (unpaired) electrons. The van der Waals surface area contributed by atoms with Gasteiger partial charge in [-0.1, -0.05) is 6.07 Å². The fourth-order valence-electron chi connectivity index (χ4n) is 1.94. The summed E-state index contributed by atoms with van der Waals surface area (Å²) < 4.78 is 0. The van der Waals surface area contributed by atoms with Crippen LogP contribution in [-0.2, 0) is 4.79 Å². The van der Waals surface area contributed by atoms with Crippen molar-refractivity contribution in [2.45, 2.75) is 0 Å². The zero-order valence-electron chi connectivity index (χ0n) is 8.14. The monoisotopic (exact) mass is 218 g/mol. The van der Waals surface area contributed by atoms with E-state index in [0.717, 1.165) is 29.4 Å². The third-order valence-corrected chi connectivity index (χ3v) is 3.77. The molecule has 0 aliphatic carbocycles. The van der Waals surface area contributed by atoms with Gasteiger partial charge in [0.15, 0.2) is 0 Å². The van der Waals surface area contributed by atoms with Gasteiger partial charge < -0.3 is 0 Å². The molecule has 0 aromatic carbocycles. The van der Waals surface area contributed by atoms with E-state index in [0.29, 0.717) is 0 Å². The molecule has 0 saturated heterocycles. The SMILES string of the molecule is O=C1C2=C(CSC2)CN1c1ccccn1. The quantitative estimate of drug-likeness (QED) is 0.715. The van der Waals surface area contributed by atoms with Crippen molar-refractivity contribution in [3.05, 3.63) is 35.5 Å². The fraction of sp³-hybridized carbons (Fsp3) is 0.273. The van der Waals surface area contributed by atoms with E-state index >= 15 is 0 Å². The maximum atomic E-state index is 12.0. The Morgan fingerprint density at radius 3 is 3.00 bits per heavy atom. The molecule has 4 heteroatoms. The van der Waals surface area contributed by atoms with Crippen LogP contribution < -0.4 is 4.90 Å². The van der Waals surface area contributed by atoms with Crippen LogP contribution in [0.1, 0.15) is 0 Å². The summed E-state index contributed by atoms with van der Waals surface area (Å²) in [6.45, 7) is 0.734. The molecule has 0 saturated carbocycles. The normalized spacial score (nSPS) is 20.0. The number of thioether (sulfide) groups is 1. The van der Waals surface area contributed by atoms with Gasteiger partial charge >= 0.3 is 0 Å². The molecule has 2 aliphatic rings. The van der Waals surface area contributed by atoms with Gasteiger partial charge in [0.05, 0.1) is 6.54 Å². The molecule has 0 fully saturated rings. The van der Waals surface area contributed by atoms with Crippen molar-refractivity contribution in [3.63, 3.8) is 0 Å². The first-order chi connectivity index (χ1) is 7.36. The number of carbonyl (C=O) groups is 1. The van der Waals surface area contributed by atoms with Crippen LogP contribution in [0.5, 0.6) is 0 Å². The summed E-state index contributed by atoms with van der Waals surface area (Å²) in [7, 11) is 0. The van der Waals surface area contributed by atoms with Gasteiger partial charge in [0, 0.05) is 23.3 Å². The smallest absolute Gasteiger partial charge is 0.256 e. The minimum Gasteiger partial charge on any atom is -0.289 e. The Balaban J connectivity index is 1.91. The number of hydrogen-bond acceptors (Lipinski definition) is 3. The van der Waals surface area contributed by atoms with Crippen molar-refractivity contribution in [1.82, 2.24) is 4.98 Å². The van der Waals surface area contributed by atoms with Gasteiger partial charge in [0.2, 0.25) is 0 Å². The van der Waals surface area contributed by atoms with Crippen LogP contribution in [0.25, 0.3) is 0 Å². The largest absolute Gasteiger partial charge is 0.289 e. The van der Waals surface area contributed by atoms with Crippen molar-refractivity contribution in [3.8, 4) is 0 Å². The van der Waals surface area contributed by atoms with E-state index in [9.17, 15) is 4.79 Å². The first-order valence-electron chi connectivity index (χ1n) is 4.88. The van der Waals surface area contributed by atoms with E-state index in [2.05, 4.69) is 4.98 Å². The van der Waals surface area contributed by atoms with Crippen molar-refractivity contribution in [1.29, 1.82) is 0 Å². The van der Waals surface area contributed by atoms with Crippen molar-refractivity contribution in [2.75, 3.05) is 23.0 Å². The van der Waals surface area contributed by atoms with E-state index in [-0.39, 0.29) is 5.91 Å². The van der Waals surface area contributed by atoms with Gasteiger partial charge in [0.25, 0.3) is 5.91 Å². The topological polar surface area (TPSA) is 33.2 Å². The standard InChI is InChI=1S/C11H10N2OS/c14-11-9-7-15-6-8(9)5-13(11)10-3-1-2-4-12-10/h1-4H,5-7H2. The highest BCUT2D eigenvalue weighted by atomic mass is 32.2. The summed E-state index contributed by atoms with van der Waals surface area (Å²) in [4.78, 5) is 18.0. The number of rotatable bonds is 1. The Hall–Kier alpha value is -1.29. The van der Waals surface area contributed by atoms with Gasteiger partial charge in [-0.25, -0.2) is 4.98 Å². The summed E-state index contributed by atoms with van der Waals surface area (Å²) in [6.07, 6.45) is 1.72. The molecule has 3 heterocycles. The van der Waals surface area contributed by atoms with E-state index in [1.54, 1.807) is 11.1 Å². The van der Waals surface area contributed by atoms with Crippen LogP contribution in [0, 0.1) is 0 Å². The predicted molar refractivity (Wildman–Crippen MR) is 60.9 cm³/mol. The van der Waals surface area contributed by atoms with Crippen molar-refractivity contribution >= 4 is 23.5 Å². The third kappa shape index (κ3) is 1.36. The van der Waals surface area contributed by atoms with Gasteiger partial charge in [-0.05, 0) is 17.7 Å². The minimum atomic E-state index is 0.147. The molecule has 76 valence electrons. The van der Waals surface area contributed by atoms with Crippen molar-refractivity contribution < 1.29 is 4.79 Å². The zero-order chi connectivity index (χ0) is 10.3. The first-order valence-corrected chi connectivity index (χ1v) is 6.03. The molecule has 3 nitrogen and oxygen atoms in total. The Labute approximate surface area is 92.2 Å². The Morgan fingerprint density at radius 1 is 1.33 bits per heavy atom. The maximum absolute atomic E-state index is 12.0. The van der Waals surface area contributed by atoms with Crippen LogP contribution in [-0.4, -0.2) is 28.9 Å². The fourth-order valence-corrected chi connectivity index (χ4v) is 3.09. The average Bonchev–Trinajstić information content (AvgIpc) is 2.83. The van der Waals surface area contributed by atoms with Crippen LogP contribution in [0.3, 0.4) is 0 Å². The van der Waals surface area contributed by atoms with Crippen LogP contribution in [0.2, 0.25) is 0 Å². The number of aromatic nitrogens is 1. The molecule has 2 aliphatic heterocycles. The molecule has 0 unspecified atom stereocenters. The van der Waals surface area contributed by atoms with E-state index in [1.807, 2.05) is 30.0 Å². The predicted octanol–water partition coefficient (Wildman–Crippen LogP) is 1.47. The summed E-state index contributed by atoms with van der Waals surface area (Å²) in [5, 5.41) is 0. The third-order valence-electron chi connectivity index (χ3n) is 2.73. The number of carbonyl (C=O) groups excluding carboxylic acids is 1. The molecule has 0 spiro atoms. The molecule has 0 N–H and O–H groups in total. The molecule has 1 amide bonds. The lowest BCUT2D eigenvalue weighted by Crippen LogP contribution is -2.28. The number of amides is 1. The molecule has 0 atom stereocenters. The van der Waals surface area contributed by atoms with Crippen LogP contribution in [0.15, 0.2) is 35.5 Å². The van der Waals surface area contributed by atoms with Crippen molar-refractivity contribution in [2.24, 2.45) is 0 Å². The highest BCUT2D eigenvalue weighted by molar-refractivity contribution is 8.00. The Morgan fingerprint density at radius 2 is 2.27 bits per heavy atom. The molecule has 15 heavy (non-hydrogen) atoms. The lowest BCUT2D eigenvalue weighted by atomic mass is 10.2. The highest BCUT2D eigenvalue weighted by Gasteiger charge is 2.34. The van der Waals surface area contributed by atoms with Gasteiger partial charge in [-0.3, -0.25) is 9.69 Å². The molecular formula is C11H10N2OS. The lowest BCUT2D eigenvalue weighted by molar-refractivity contribution is -0.114. The molecule has 0 bridgehead atoms. The van der Waals surface area contributed by atoms with Crippen LogP contribution in [0.4, 0.5) is 5.82 Å². The second-order valence-electron chi connectivity index (χ2n) is 3.65. The number of hydrogen-bond donors (Lipinski definition) is 0. The average molecular weight is 218 g/mol. The van der Waals surface area contributed by atoms with Crippen LogP contribution >= 0.6 is 11.8 Å². The second-order valence-corrected chi connectivity index (χ2v) is 4.64. The zero-order valence-corrected chi connectivity index (χ0v) is 8.96. The molecule has 1 aromatic rings. The second kappa shape index (κ2) is 3.38. The van der Waals surface area contributed by atoms with Gasteiger partial charge in [0.1, 0.15) is 5.82 Å². The highest BCUT2D eigenvalue weighted by Crippen LogP contribution is 2.33. The molecule has 3 rings (SSSR count). The van der Waals surface area contributed by atoms with E-state index < -0.39 is 0 Å². The lowest BCUT2D eigenvalue weighted by Gasteiger charge is -2.16. The minimum absolute atomic E-state index is 0.147. The number of anilines is 1. The van der Waals surface area contributed by atoms with Gasteiger partial charge in [-0.15, -0.1) is 0 Å². The van der Waals surface area contributed by atoms with E-state index in [1.165, 1.54) is 5.57 Å². The summed E-state index contributed by atoms with van der Waals surface area (Å²) in [5.41, 5.74) is 2.29. The van der Waals surface area contributed by atoms with Gasteiger partial charge in [-0.2, -0.15) is 11.8 Å². The van der Waals surface area contributed by atoms with E-state index in [4.69, 9.17) is 0 Å². The Kier molecular flexibility index (Phi) is 2.02. The number of nitrogens with zero attached hydrogens (tertiary/aromatic N) is 2. The summed E-state index contributed by atoms with van der Waals surface area (Å²) in [5.74, 6) is 2.79.